The van der Waals surface area contributed by atoms with E-state index in [1.165, 1.54) is 44.4 Å². The molecule has 9 heteroatoms. The van der Waals surface area contributed by atoms with Crippen molar-refractivity contribution in [2.45, 2.75) is 19.4 Å². The summed E-state index contributed by atoms with van der Waals surface area (Å²) in [6.07, 6.45) is 0.0821. The van der Waals surface area contributed by atoms with Crippen LogP contribution >= 0.6 is 0 Å². The van der Waals surface area contributed by atoms with Gasteiger partial charge in [-0.25, -0.2) is 4.79 Å². The maximum atomic E-state index is 12.7. The van der Waals surface area contributed by atoms with Crippen molar-refractivity contribution in [2.75, 3.05) is 12.4 Å². The molecule has 2 N–H and O–H groups in total. The fraction of sp³-hybridized carbons (Fsp3) is 0.211. The zero-order valence-corrected chi connectivity index (χ0v) is 15.3. The number of carbonyl (C=O) groups excluding carboxylic acids is 3. The van der Waals surface area contributed by atoms with E-state index >= 15 is 0 Å². The molecule has 0 aliphatic carbocycles. The molecule has 146 valence electrons. The lowest BCUT2D eigenvalue weighted by molar-refractivity contribution is -0.384. The number of nitrogens with one attached hydrogen (secondary N) is 2. The highest BCUT2D eigenvalue weighted by molar-refractivity contribution is 6.04. The lowest BCUT2D eigenvalue weighted by Gasteiger charge is -2.18. The summed E-state index contributed by atoms with van der Waals surface area (Å²) >= 11 is 0. The minimum absolute atomic E-state index is 0.0772. The third-order valence-electron chi connectivity index (χ3n) is 3.86. The first-order valence-electron chi connectivity index (χ1n) is 8.30. The number of carbonyl (C=O) groups is 3. The van der Waals surface area contributed by atoms with Crippen LogP contribution < -0.4 is 10.6 Å². The summed E-state index contributed by atoms with van der Waals surface area (Å²) in [5, 5.41) is 15.9. The summed E-state index contributed by atoms with van der Waals surface area (Å²) in [5.41, 5.74) is 1.03. The van der Waals surface area contributed by atoms with Gasteiger partial charge < -0.3 is 15.4 Å². The number of nitro groups is 1. The summed E-state index contributed by atoms with van der Waals surface area (Å²) in [6.45, 7) is 1.32. The maximum Gasteiger partial charge on any atom is 0.328 e. The Morgan fingerprint density at radius 3 is 2.32 bits per heavy atom. The van der Waals surface area contributed by atoms with Gasteiger partial charge in [0.15, 0.2) is 0 Å². The zero-order chi connectivity index (χ0) is 20.7. The molecule has 0 saturated heterocycles. The highest BCUT2D eigenvalue weighted by Gasteiger charge is 2.24. The number of benzene rings is 2. The van der Waals surface area contributed by atoms with E-state index in [2.05, 4.69) is 10.6 Å². The normalized spacial score (nSPS) is 11.2. The second kappa shape index (κ2) is 9.26. The predicted octanol–water partition coefficient (Wildman–Crippen LogP) is 2.07. The Labute approximate surface area is 160 Å². The summed E-state index contributed by atoms with van der Waals surface area (Å²) in [4.78, 5) is 46.3. The first-order valence-corrected chi connectivity index (χ1v) is 8.30. The quantitative estimate of drug-likeness (QED) is 0.427. The van der Waals surface area contributed by atoms with Crippen LogP contribution in [-0.2, 0) is 20.7 Å². The number of amides is 2. The number of hydrogen-bond donors (Lipinski definition) is 2. The van der Waals surface area contributed by atoms with Crippen LogP contribution in [0.3, 0.4) is 0 Å². The van der Waals surface area contributed by atoms with Crippen LogP contribution in [0.4, 0.5) is 11.4 Å². The standard InChI is InChI=1S/C19H19N3O6/c1-12(23)20-16-6-4-3-5-15(16)18(24)21-17(19(25)28-2)11-13-7-9-14(10-8-13)22(26)27/h3-10,17H,11H2,1-2H3,(H,20,23)(H,21,24)/t17-/m0/s1. The van der Waals surface area contributed by atoms with Crippen LogP contribution in [0.2, 0.25) is 0 Å². The van der Waals surface area contributed by atoms with E-state index in [0.29, 0.717) is 11.3 Å². The molecule has 0 aromatic heterocycles. The monoisotopic (exact) mass is 385 g/mol. The summed E-state index contributed by atoms with van der Waals surface area (Å²) in [7, 11) is 1.20. The van der Waals surface area contributed by atoms with Gasteiger partial charge in [-0.3, -0.25) is 19.7 Å². The molecule has 0 aliphatic rings. The molecular formula is C19H19N3O6. The van der Waals surface area contributed by atoms with Gasteiger partial charge in [-0.05, 0) is 17.7 Å². The average Bonchev–Trinajstić information content (AvgIpc) is 2.67. The summed E-state index contributed by atoms with van der Waals surface area (Å²) < 4.78 is 4.75. The van der Waals surface area contributed by atoms with E-state index < -0.39 is 22.8 Å². The van der Waals surface area contributed by atoms with Gasteiger partial charge >= 0.3 is 5.97 Å². The van der Waals surface area contributed by atoms with Crippen LogP contribution in [0.15, 0.2) is 48.5 Å². The van der Waals surface area contributed by atoms with E-state index in [0.717, 1.165) is 0 Å². The molecule has 0 bridgehead atoms. The molecule has 2 aromatic rings. The van der Waals surface area contributed by atoms with Crippen LogP contribution in [0.1, 0.15) is 22.8 Å². The van der Waals surface area contributed by atoms with Gasteiger partial charge in [-0.15, -0.1) is 0 Å². The number of rotatable bonds is 7. The highest BCUT2D eigenvalue weighted by atomic mass is 16.6. The average molecular weight is 385 g/mol. The molecule has 0 saturated carbocycles. The SMILES string of the molecule is COC(=O)[C@H](Cc1ccc([N+](=O)[O-])cc1)NC(=O)c1ccccc1NC(C)=O. The van der Waals surface area contributed by atoms with Crippen molar-refractivity contribution in [1.82, 2.24) is 5.32 Å². The molecule has 0 unspecified atom stereocenters. The summed E-state index contributed by atoms with van der Waals surface area (Å²) in [6, 6.07) is 11.0. The molecule has 1 atom stereocenters. The predicted molar refractivity (Wildman–Crippen MR) is 101 cm³/mol. The molecule has 0 radical (unpaired) electrons. The van der Waals surface area contributed by atoms with Crippen molar-refractivity contribution < 1.29 is 24.0 Å². The van der Waals surface area contributed by atoms with Gasteiger partial charge in [0.2, 0.25) is 5.91 Å². The van der Waals surface area contributed by atoms with E-state index in [1.807, 2.05) is 0 Å². The lowest BCUT2D eigenvalue weighted by Crippen LogP contribution is -2.43. The smallest absolute Gasteiger partial charge is 0.328 e. The number of hydrogen-bond acceptors (Lipinski definition) is 6. The second-order valence-corrected chi connectivity index (χ2v) is 5.90. The minimum Gasteiger partial charge on any atom is -0.467 e. The largest absolute Gasteiger partial charge is 0.467 e. The Morgan fingerprint density at radius 2 is 1.75 bits per heavy atom. The van der Waals surface area contributed by atoms with Crippen LogP contribution in [-0.4, -0.2) is 35.9 Å². The van der Waals surface area contributed by atoms with E-state index in [-0.39, 0.29) is 23.6 Å². The molecule has 0 heterocycles. The minimum atomic E-state index is -1.01. The van der Waals surface area contributed by atoms with Crippen molar-refractivity contribution in [1.29, 1.82) is 0 Å². The Balaban J connectivity index is 2.20. The van der Waals surface area contributed by atoms with Gasteiger partial charge in [0, 0.05) is 25.5 Å². The van der Waals surface area contributed by atoms with E-state index in [4.69, 9.17) is 4.74 Å². The number of methoxy groups -OCH3 is 1. The van der Waals surface area contributed by atoms with E-state index in [1.54, 1.807) is 18.2 Å². The Kier molecular flexibility index (Phi) is 6.80. The Bertz CT molecular complexity index is 895. The number of non-ortho nitro benzene ring substituents is 1. The highest BCUT2D eigenvalue weighted by Crippen LogP contribution is 2.17. The molecule has 2 rings (SSSR count). The van der Waals surface area contributed by atoms with Gasteiger partial charge in [-0.2, -0.15) is 0 Å². The molecule has 9 nitrogen and oxygen atoms in total. The number of esters is 1. The summed E-state index contributed by atoms with van der Waals surface area (Å²) in [5.74, 6) is -1.57. The molecule has 0 spiro atoms. The Morgan fingerprint density at radius 1 is 1.11 bits per heavy atom. The van der Waals surface area contributed by atoms with Gasteiger partial charge in [0.25, 0.3) is 11.6 Å². The van der Waals surface area contributed by atoms with Crippen LogP contribution in [0, 0.1) is 10.1 Å². The third-order valence-corrected chi connectivity index (χ3v) is 3.86. The number of ether oxygens (including phenoxy) is 1. The van der Waals surface area contributed by atoms with Crippen molar-refractivity contribution in [2.24, 2.45) is 0 Å². The van der Waals surface area contributed by atoms with Gasteiger partial charge in [0.1, 0.15) is 6.04 Å². The molecule has 2 amide bonds. The molecule has 0 fully saturated rings. The van der Waals surface area contributed by atoms with Crippen molar-refractivity contribution in [3.8, 4) is 0 Å². The van der Waals surface area contributed by atoms with Crippen molar-refractivity contribution in [3.05, 3.63) is 69.8 Å². The third kappa shape index (κ3) is 5.37. The number of nitro benzene ring substituents is 1. The van der Waals surface area contributed by atoms with Crippen molar-refractivity contribution >= 4 is 29.2 Å². The first-order chi connectivity index (χ1) is 13.3. The first kappa shape index (κ1) is 20.6. The Hall–Kier alpha value is -3.75. The molecule has 2 aromatic carbocycles. The fourth-order valence-corrected chi connectivity index (χ4v) is 2.54. The number of para-hydroxylation sites is 1. The lowest BCUT2D eigenvalue weighted by atomic mass is 10.0. The molecular weight excluding hydrogens is 366 g/mol. The van der Waals surface area contributed by atoms with E-state index in [9.17, 15) is 24.5 Å². The second-order valence-electron chi connectivity index (χ2n) is 5.90. The molecule has 28 heavy (non-hydrogen) atoms. The van der Waals surface area contributed by atoms with Crippen LogP contribution in [0.25, 0.3) is 0 Å². The maximum absolute atomic E-state index is 12.7. The topological polar surface area (TPSA) is 128 Å². The number of anilines is 1. The fourth-order valence-electron chi connectivity index (χ4n) is 2.54. The van der Waals surface area contributed by atoms with Crippen LogP contribution in [0.5, 0.6) is 0 Å². The number of nitrogens with zero attached hydrogens (tertiary/aromatic N) is 1. The molecule has 0 aliphatic heterocycles. The van der Waals surface area contributed by atoms with Gasteiger partial charge in [0.05, 0.1) is 23.3 Å². The van der Waals surface area contributed by atoms with Crippen molar-refractivity contribution in [3.63, 3.8) is 0 Å². The van der Waals surface area contributed by atoms with Gasteiger partial charge in [-0.1, -0.05) is 24.3 Å². The zero-order valence-electron chi connectivity index (χ0n) is 15.3.